The molecule has 0 saturated heterocycles. The third-order valence-corrected chi connectivity index (χ3v) is 3.86. The molecule has 5 nitrogen and oxygen atoms in total. The molecule has 2 aromatic rings. The predicted octanol–water partition coefficient (Wildman–Crippen LogP) is 3.20. The second-order valence-electron chi connectivity index (χ2n) is 4.30. The van der Waals surface area contributed by atoms with Crippen LogP contribution in [-0.4, -0.2) is 23.0 Å². The van der Waals surface area contributed by atoms with Crippen LogP contribution in [0.4, 0.5) is 5.82 Å². The molecule has 1 unspecified atom stereocenters. The van der Waals surface area contributed by atoms with Crippen molar-refractivity contribution in [3.05, 3.63) is 40.0 Å². The van der Waals surface area contributed by atoms with Crippen LogP contribution < -0.4 is 5.32 Å². The van der Waals surface area contributed by atoms with E-state index in [0.29, 0.717) is 11.3 Å². The van der Waals surface area contributed by atoms with E-state index in [1.54, 1.807) is 36.6 Å². The van der Waals surface area contributed by atoms with Crippen molar-refractivity contribution in [3.8, 4) is 0 Å². The number of carbonyl (C=O) groups is 1. The number of hydrogen-bond acceptors (Lipinski definition) is 6. The molecule has 1 atom stereocenters. The number of rotatable bonds is 5. The first-order valence-corrected chi connectivity index (χ1v) is 7.25. The fourth-order valence-electron chi connectivity index (χ4n) is 1.89. The Morgan fingerprint density at radius 2 is 2.30 bits per heavy atom. The van der Waals surface area contributed by atoms with Crippen molar-refractivity contribution < 1.29 is 9.53 Å². The summed E-state index contributed by atoms with van der Waals surface area (Å²) in [6.45, 7) is 3.89. The molecule has 2 heterocycles. The third kappa shape index (κ3) is 3.14. The number of thiazole rings is 1. The highest BCUT2D eigenvalue weighted by Crippen LogP contribution is 2.23. The molecular weight excluding hydrogens is 274 g/mol. The molecule has 20 heavy (non-hydrogen) atoms. The molecule has 0 radical (unpaired) electrons. The zero-order valence-electron chi connectivity index (χ0n) is 11.7. The Balaban J connectivity index is 2.17. The molecule has 2 rings (SSSR count). The van der Waals surface area contributed by atoms with Crippen LogP contribution in [-0.2, 0) is 4.74 Å². The number of nitrogens with zero attached hydrogens (tertiary/aromatic N) is 2. The Morgan fingerprint density at radius 1 is 1.50 bits per heavy atom. The highest BCUT2D eigenvalue weighted by Gasteiger charge is 2.14. The number of aryl methyl sites for hydroxylation is 1. The summed E-state index contributed by atoms with van der Waals surface area (Å²) >= 11 is 1.62. The molecule has 0 aliphatic heterocycles. The zero-order valence-corrected chi connectivity index (χ0v) is 12.5. The van der Waals surface area contributed by atoms with Gasteiger partial charge in [0.25, 0.3) is 0 Å². The molecule has 2 aromatic heterocycles. The van der Waals surface area contributed by atoms with Crippen LogP contribution in [0.5, 0.6) is 0 Å². The van der Waals surface area contributed by atoms with Gasteiger partial charge in [-0.25, -0.2) is 14.8 Å². The smallest absolute Gasteiger partial charge is 0.339 e. The van der Waals surface area contributed by atoms with Gasteiger partial charge in [-0.05, 0) is 25.5 Å². The largest absolute Gasteiger partial charge is 0.465 e. The fourth-order valence-corrected chi connectivity index (χ4v) is 2.66. The van der Waals surface area contributed by atoms with Gasteiger partial charge in [-0.15, -0.1) is 11.3 Å². The molecular formula is C14H17N3O2S. The van der Waals surface area contributed by atoms with Gasteiger partial charge in [-0.3, -0.25) is 0 Å². The summed E-state index contributed by atoms with van der Waals surface area (Å²) in [7, 11) is 1.36. The maximum Gasteiger partial charge on any atom is 0.339 e. The lowest BCUT2D eigenvalue weighted by molar-refractivity contribution is 0.0599. The van der Waals surface area contributed by atoms with Gasteiger partial charge in [0.1, 0.15) is 10.8 Å². The van der Waals surface area contributed by atoms with Crippen molar-refractivity contribution in [1.29, 1.82) is 0 Å². The molecule has 0 amide bonds. The quantitative estimate of drug-likeness (QED) is 0.857. The van der Waals surface area contributed by atoms with Crippen molar-refractivity contribution in [1.82, 2.24) is 9.97 Å². The number of carbonyl (C=O) groups excluding carboxylic acids is 1. The van der Waals surface area contributed by atoms with Crippen molar-refractivity contribution in [2.24, 2.45) is 0 Å². The number of ether oxygens (including phenoxy) is 1. The molecule has 0 fully saturated rings. The first kappa shape index (κ1) is 14.5. The van der Waals surface area contributed by atoms with Crippen LogP contribution >= 0.6 is 11.3 Å². The zero-order chi connectivity index (χ0) is 14.5. The standard InChI is InChI=1S/C14H17N3O2S/c1-4-11(13-15-7-8-20-13)17-12-6-5-10(9(2)16-12)14(18)19-3/h5-8,11H,4H2,1-3H3,(H,16,17). The summed E-state index contributed by atoms with van der Waals surface area (Å²) < 4.78 is 4.71. The van der Waals surface area contributed by atoms with Crippen molar-refractivity contribution in [3.63, 3.8) is 0 Å². The van der Waals surface area contributed by atoms with Crippen molar-refractivity contribution in [2.75, 3.05) is 12.4 Å². The fraction of sp³-hybridized carbons (Fsp3) is 0.357. The SMILES string of the molecule is CCC(Nc1ccc(C(=O)OC)c(C)n1)c1nccs1. The third-order valence-electron chi connectivity index (χ3n) is 2.97. The number of aromatic nitrogens is 2. The molecule has 0 aromatic carbocycles. The van der Waals surface area contributed by atoms with E-state index in [4.69, 9.17) is 4.74 Å². The van der Waals surface area contributed by atoms with E-state index in [-0.39, 0.29) is 12.0 Å². The van der Waals surface area contributed by atoms with E-state index in [1.807, 2.05) is 5.38 Å². The second kappa shape index (κ2) is 6.47. The van der Waals surface area contributed by atoms with Crippen LogP contribution in [0.15, 0.2) is 23.7 Å². The summed E-state index contributed by atoms with van der Waals surface area (Å²) in [6, 6.07) is 3.64. The summed E-state index contributed by atoms with van der Waals surface area (Å²) in [5.41, 5.74) is 1.14. The van der Waals surface area contributed by atoms with Crippen LogP contribution in [0.2, 0.25) is 0 Å². The van der Waals surface area contributed by atoms with E-state index in [9.17, 15) is 4.79 Å². The van der Waals surface area contributed by atoms with Gasteiger partial charge >= 0.3 is 5.97 Å². The van der Waals surface area contributed by atoms with Crippen LogP contribution in [0.25, 0.3) is 0 Å². The topological polar surface area (TPSA) is 64.1 Å². The van der Waals surface area contributed by atoms with Crippen molar-refractivity contribution in [2.45, 2.75) is 26.3 Å². The lowest BCUT2D eigenvalue weighted by Crippen LogP contribution is -2.12. The Labute approximate surface area is 122 Å². The minimum Gasteiger partial charge on any atom is -0.465 e. The minimum atomic E-state index is -0.367. The Morgan fingerprint density at radius 3 is 2.85 bits per heavy atom. The van der Waals surface area contributed by atoms with E-state index < -0.39 is 0 Å². The van der Waals surface area contributed by atoms with Gasteiger partial charge in [0.15, 0.2) is 0 Å². The van der Waals surface area contributed by atoms with Gasteiger partial charge in [0, 0.05) is 11.6 Å². The molecule has 0 saturated carbocycles. The molecule has 0 aliphatic carbocycles. The van der Waals surface area contributed by atoms with Crippen LogP contribution in [0.3, 0.4) is 0 Å². The number of anilines is 1. The highest BCUT2D eigenvalue weighted by molar-refractivity contribution is 7.09. The number of pyridine rings is 1. The first-order valence-electron chi connectivity index (χ1n) is 6.37. The minimum absolute atomic E-state index is 0.130. The Bertz CT molecular complexity index is 584. The van der Waals surface area contributed by atoms with E-state index in [2.05, 4.69) is 22.2 Å². The summed E-state index contributed by atoms with van der Waals surface area (Å²) in [5, 5.41) is 6.33. The Hall–Kier alpha value is -1.95. The molecule has 6 heteroatoms. The van der Waals surface area contributed by atoms with Crippen LogP contribution in [0.1, 0.15) is 40.4 Å². The predicted molar refractivity (Wildman–Crippen MR) is 79.1 cm³/mol. The van der Waals surface area contributed by atoms with Crippen molar-refractivity contribution >= 4 is 23.1 Å². The first-order chi connectivity index (χ1) is 9.65. The average molecular weight is 291 g/mol. The molecule has 0 spiro atoms. The van der Waals surface area contributed by atoms with Gasteiger partial charge in [-0.2, -0.15) is 0 Å². The van der Waals surface area contributed by atoms with Gasteiger partial charge in [-0.1, -0.05) is 6.92 Å². The second-order valence-corrected chi connectivity index (χ2v) is 5.22. The molecule has 0 bridgehead atoms. The lowest BCUT2D eigenvalue weighted by atomic mass is 10.2. The van der Waals surface area contributed by atoms with Crippen LogP contribution in [0, 0.1) is 6.92 Å². The number of methoxy groups -OCH3 is 1. The summed E-state index contributed by atoms with van der Waals surface area (Å²) in [5.74, 6) is 0.366. The highest BCUT2D eigenvalue weighted by atomic mass is 32.1. The number of nitrogens with one attached hydrogen (secondary N) is 1. The van der Waals surface area contributed by atoms with E-state index in [1.165, 1.54) is 7.11 Å². The van der Waals surface area contributed by atoms with E-state index in [0.717, 1.165) is 17.2 Å². The maximum atomic E-state index is 11.5. The van der Waals surface area contributed by atoms with Gasteiger partial charge in [0.2, 0.25) is 0 Å². The number of esters is 1. The summed E-state index contributed by atoms with van der Waals surface area (Å²) in [4.78, 5) is 20.2. The van der Waals surface area contributed by atoms with Gasteiger partial charge < -0.3 is 10.1 Å². The van der Waals surface area contributed by atoms with Gasteiger partial charge in [0.05, 0.1) is 24.4 Å². The average Bonchev–Trinajstić information content (AvgIpc) is 2.98. The monoisotopic (exact) mass is 291 g/mol. The molecule has 1 N–H and O–H groups in total. The number of hydrogen-bond donors (Lipinski definition) is 1. The molecule has 0 aliphatic rings. The lowest BCUT2D eigenvalue weighted by Gasteiger charge is -2.16. The van der Waals surface area contributed by atoms with E-state index >= 15 is 0 Å². The Kier molecular flexibility index (Phi) is 4.68. The molecule has 106 valence electrons. The maximum absolute atomic E-state index is 11.5. The normalized spacial score (nSPS) is 11.9. The summed E-state index contributed by atoms with van der Waals surface area (Å²) in [6.07, 6.45) is 2.70.